The van der Waals surface area contributed by atoms with Crippen molar-refractivity contribution in [2.75, 3.05) is 5.32 Å². The van der Waals surface area contributed by atoms with Gasteiger partial charge in [0.1, 0.15) is 23.6 Å². The van der Waals surface area contributed by atoms with Crippen LogP contribution in [-0.2, 0) is 0 Å². The normalized spacial score (nSPS) is 10.6. The largest absolute Gasteiger partial charge is 0.457 e. The molecule has 0 spiro atoms. The van der Waals surface area contributed by atoms with E-state index < -0.39 is 0 Å². The van der Waals surface area contributed by atoms with Gasteiger partial charge in [-0.3, -0.25) is 0 Å². The van der Waals surface area contributed by atoms with Gasteiger partial charge in [-0.2, -0.15) is 0 Å². The fraction of sp³-hybridized carbons (Fsp3) is 0. The van der Waals surface area contributed by atoms with Crippen molar-refractivity contribution in [3.8, 4) is 11.5 Å². The highest BCUT2D eigenvalue weighted by Gasteiger charge is 2.05. The summed E-state index contributed by atoms with van der Waals surface area (Å²) in [5, 5.41) is 4.87. The van der Waals surface area contributed by atoms with Crippen LogP contribution in [0.1, 0.15) is 0 Å². The molecule has 1 aromatic heterocycles. The number of nitrogens with zero attached hydrogens (tertiary/aromatic N) is 2. The molecule has 4 nitrogen and oxygen atoms in total. The first-order valence-corrected chi connectivity index (χ1v) is 8.16. The number of ether oxygens (including phenoxy) is 1. The van der Waals surface area contributed by atoms with Gasteiger partial charge < -0.3 is 10.1 Å². The third-order valence-corrected chi connectivity index (χ3v) is 3.93. The van der Waals surface area contributed by atoms with Crippen molar-refractivity contribution in [3.05, 3.63) is 84.1 Å². The topological polar surface area (TPSA) is 47.0 Å². The van der Waals surface area contributed by atoms with Crippen molar-refractivity contribution in [2.24, 2.45) is 0 Å². The number of nitrogens with one attached hydrogen (secondary N) is 1. The molecule has 0 bridgehead atoms. The molecular weight excluding hydrogens is 334 g/mol. The average Bonchev–Trinajstić information content (AvgIpc) is 2.64. The Morgan fingerprint density at radius 3 is 2.36 bits per heavy atom. The van der Waals surface area contributed by atoms with Crippen LogP contribution in [0.3, 0.4) is 0 Å². The van der Waals surface area contributed by atoms with E-state index in [1.807, 2.05) is 72.8 Å². The standard InChI is InChI=1S/C20H14ClN3O/c21-14-6-11-18-19(12-14)22-13-23-20(18)24-15-7-9-17(10-8-15)25-16-4-2-1-3-5-16/h1-13H,(H,22,23,24). The molecule has 4 rings (SSSR count). The van der Waals surface area contributed by atoms with Crippen molar-refractivity contribution >= 4 is 34.0 Å². The number of hydrogen-bond donors (Lipinski definition) is 1. The molecule has 1 heterocycles. The minimum Gasteiger partial charge on any atom is -0.457 e. The number of aromatic nitrogens is 2. The Bertz CT molecular complexity index is 1000. The summed E-state index contributed by atoms with van der Waals surface area (Å²) in [5.74, 6) is 2.32. The molecule has 4 aromatic rings. The lowest BCUT2D eigenvalue weighted by Gasteiger charge is -2.10. The molecule has 0 radical (unpaired) electrons. The summed E-state index contributed by atoms with van der Waals surface area (Å²) in [6.45, 7) is 0. The summed E-state index contributed by atoms with van der Waals surface area (Å²) in [6, 6.07) is 23.0. The van der Waals surface area contributed by atoms with Gasteiger partial charge >= 0.3 is 0 Å². The van der Waals surface area contributed by atoms with Gasteiger partial charge in [0.15, 0.2) is 0 Å². The van der Waals surface area contributed by atoms with Gasteiger partial charge in [0.25, 0.3) is 0 Å². The van der Waals surface area contributed by atoms with E-state index in [4.69, 9.17) is 16.3 Å². The van der Waals surface area contributed by atoms with Crippen molar-refractivity contribution in [3.63, 3.8) is 0 Å². The minimum absolute atomic E-state index is 0.652. The lowest BCUT2D eigenvalue weighted by atomic mass is 10.2. The molecule has 0 aliphatic rings. The summed E-state index contributed by atoms with van der Waals surface area (Å²) in [5.41, 5.74) is 1.71. The zero-order chi connectivity index (χ0) is 17.1. The maximum absolute atomic E-state index is 6.02. The Morgan fingerprint density at radius 2 is 1.56 bits per heavy atom. The summed E-state index contributed by atoms with van der Waals surface area (Å²) in [4.78, 5) is 8.58. The monoisotopic (exact) mass is 347 g/mol. The quantitative estimate of drug-likeness (QED) is 0.505. The summed E-state index contributed by atoms with van der Waals surface area (Å²) >= 11 is 6.02. The van der Waals surface area contributed by atoms with Gasteiger partial charge in [-0.15, -0.1) is 0 Å². The van der Waals surface area contributed by atoms with Crippen LogP contribution >= 0.6 is 11.6 Å². The Labute approximate surface area is 150 Å². The van der Waals surface area contributed by atoms with Gasteiger partial charge in [-0.25, -0.2) is 9.97 Å². The molecule has 3 aromatic carbocycles. The van der Waals surface area contributed by atoms with E-state index in [-0.39, 0.29) is 0 Å². The van der Waals surface area contributed by atoms with Crippen LogP contribution in [0.2, 0.25) is 5.02 Å². The first-order valence-electron chi connectivity index (χ1n) is 7.78. The number of hydrogen-bond acceptors (Lipinski definition) is 4. The van der Waals surface area contributed by atoms with E-state index >= 15 is 0 Å². The predicted molar refractivity (Wildman–Crippen MR) is 101 cm³/mol. The second-order valence-electron chi connectivity index (χ2n) is 5.45. The van der Waals surface area contributed by atoms with Gasteiger partial charge in [-0.1, -0.05) is 29.8 Å². The van der Waals surface area contributed by atoms with Gasteiger partial charge in [0, 0.05) is 16.1 Å². The van der Waals surface area contributed by atoms with Crippen LogP contribution in [0.15, 0.2) is 79.1 Å². The molecule has 0 aliphatic heterocycles. The van der Waals surface area contributed by atoms with Crippen molar-refractivity contribution in [2.45, 2.75) is 0 Å². The second kappa shape index (κ2) is 6.79. The minimum atomic E-state index is 0.652. The van der Waals surface area contributed by atoms with Gasteiger partial charge in [-0.05, 0) is 54.6 Å². The maximum Gasteiger partial charge on any atom is 0.141 e. The van der Waals surface area contributed by atoms with Crippen molar-refractivity contribution in [1.82, 2.24) is 9.97 Å². The third-order valence-electron chi connectivity index (χ3n) is 3.69. The Kier molecular flexibility index (Phi) is 4.19. The van der Waals surface area contributed by atoms with Gasteiger partial charge in [0.2, 0.25) is 0 Å². The first kappa shape index (κ1) is 15.4. The van der Waals surface area contributed by atoms with Crippen LogP contribution in [0.4, 0.5) is 11.5 Å². The van der Waals surface area contributed by atoms with Crippen molar-refractivity contribution < 1.29 is 4.74 Å². The third kappa shape index (κ3) is 3.54. The second-order valence-corrected chi connectivity index (χ2v) is 5.88. The molecule has 25 heavy (non-hydrogen) atoms. The molecular formula is C20H14ClN3O. The molecule has 0 atom stereocenters. The van der Waals surface area contributed by atoms with E-state index in [0.29, 0.717) is 5.02 Å². The molecule has 0 saturated heterocycles. The van der Waals surface area contributed by atoms with E-state index in [0.717, 1.165) is 33.9 Å². The highest BCUT2D eigenvalue weighted by Crippen LogP contribution is 2.27. The molecule has 5 heteroatoms. The highest BCUT2D eigenvalue weighted by atomic mass is 35.5. The molecule has 0 saturated carbocycles. The molecule has 1 N–H and O–H groups in total. The predicted octanol–water partition coefficient (Wildman–Crippen LogP) is 5.82. The van der Waals surface area contributed by atoms with Crippen LogP contribution in [-0.4, -0.2) is 9.97 Å². The SMILES string of the molecule is Clc1ccc2c(Nc3ccc(Oc4ccccc4)cc3)ncnc2c1. The summed E-state index contributed by atoms with van der Waals surface area (Å²) in [7, 11) is 0. The first-order chi connectivity index (χ1) is 12.3. The highest BCUT2D eigenvalue weighted by molar-refractivity contribution is 6.31. The Hall–Kier alpha value is -3.11. The lowest BCUT2D eigenvalue weighted by molar-refractivity contribution is 0.483. The number of anilines is 2. The van der Waals surface area contributed by atoms with Crippen molar-refractivity contribution in [1.29, 1.82) is 0 Å². The lowest BCUT2D eigenvalue weighted by Crippen LogP contribution is -1.96. The van der Waals surface area contributed by atoms with Crippen LogP contribution in [0, 0.1) is 0 Å². The number of benzene rings is 3. The molecule has 0 fully saturated rings. The van der Waals surface area contributed by atoms with Crippen LogP contribution in [0.5, 0.6) is 11.5 Å². The molecule has 0 amide bonds. The average molecular weight is 348 g/mol. The zero-order valence-corrected chi connectivity index (χ0v) is 13.9. The smallest absolute Gasteiger partial charge is 0.141 e. The number of para-hydroxylation sites is 1. The van der Waals surface area contributed by atoms with Crippen LogP contribution in [0.25, 0.3) is 10.9 Å². The Morgan fingerprint density at radius 1 is 0.800 bits per heavy atom. The Balaban J connectivity index is 1.55. The maximum atomic E-state index is 6.02. The molecule has 0 unspecified atom stereocenters. The molecule has 122 valence electrons. The molecule has 0 aliphatic carbocycles. The number of rotatable bonds is 4. The fourth-order valence-corrected chi connectivity index (χ4v) is 2.66. The fourth-order valence-electron chi connectivity index (χ4n) is 2.50. The van der Waals surface area contributed by atoms with Gasteiger partial charge in [0.05, 0.1) is 5.52 Å². The summed E-state index contributed by atoms with van der Waals surface area (Å²) in [6.07, 6.45) is 1.52. The summed E-state index contributed by atoms with van der Waals surface area (Å²) < 4.78 is 5.80. The zero-order valence-electron chi connectivity index (χ0n) is 13.2. The van der Waals surface area contributed by atoms with E-state index in [9.17, 15) is 0 Å². The van der Waals surface area contributed by atoms with E-state index in [1.54, 1.807) is 0 Å². The number of halogens is 1. The van der Waals surface area contributed by atoms with E-state index in [1.165, 1.54) is 6.33 Å². The van der Waals surface area contributed by atoms with E-state index in [2.05, 4.69) is 15.3 Å². The van der Waals surface area contributed by atoms with Crippen LogP contribution < -0.4 is 10.1 Å². The number of fused-ring (bicyclic) bond motifs is 1.